The molecule has 0 bridgehead atoms. The summed E-state index contributed by atoms with van der Waals surface area (Å²) < 4.78 is 5.40. The molecule has 31 heavy (non-hydrogen) atoms. The Kier molecular flexibility index (Phi) is 6.04. The quantitative estimate of drug-likeness (QED) is 0.657. The van der Waals surface area contributed by atoms with Gasteiger partial charge in [0.1, 0.15) is 5.69 Å². The second-order valence-electron chi connectivity index (χ2n) is 8.84. The van der Waals surface area contributed by atoms with Gasteiger partial charge in [-0.1, -0.05) is 45.0 Å². The molecule has 162 valence electrons. The number of nitrogens with one attached hydrogen (secondary N) is 2. The maximum absolute atomic E-state index is 12.5. The highest BCUT2D eigenvalue weighted by Crippen LogP contribution is 2.23. The van der Waals surface area contributed by atoms with Crippen molar-refractivity contribution in [2.75, 3.05) is 36.5 Å². The van der Waals surface area contributed by atoms with E-state index in [0.717, 1.165) is 43.2 Å². The molecule has 0 radical (unpaired) electrons. The van der Waals surface area contributed by atoms with E-state index in [-0.39, 0.29) is 11.0 Å². The van der Waals surface area contributed by atoms with Gasteiger partial charge in [0.2, 0.25) is 5.95 Å². The number of ether oxygens (including phenoxy) is 1. The Morgan fingerprint density at radius 3 is 2.29 bits per heavy atom. The number of aromatic nitrogens is 3. The topological polar surface area (TPSA) is 83.1 Å². The second-order valence-corrected chi connectivity index (χ2v) is 8.84. The van der Waals surface area contributed by atoms with Crippen molar-refractivity contribution in [1.82, 2.24) is 15.2 Å². The highest BCUT2D eigenvalue weighted by atomic mass is 16.5. The van der Waals surface area contributed by atoms with E-state index in [1.165, 1.54) is 5.56 Å². The molecule has 0 aliphatic carbocycles. The fourth-order valence-electron chi connectivity index (χ4n) is 3.56. The zero-order valence-corrected chi connectivity index (χ0v) is 18.3. The molecule has 2 heterocycles. The van der Waals surface area contributed by atoms with Gasteiger partial charge < -0.3 is 15.0 Å². The summed E-state index contributed by atoms with van der Waals surface area (Å²) in [4.78, 5) is 17.6. The lowest BCUT2D eigenvalue weighted by atomic mass is 9.86. The highest BCUT2D eigenvalue weighted by Gasteiger charge is 2.14. The van der Waals surface area contributed by atoms with Crippen LogP contribution in [0.5, 0.6) is 0 Å². The van der Waals surface area contributed by atoms with Gasteiger partial charge in [-0.25, -0.2) is 0 Å². The van der Waals surface area contributed by atoms with Gasteiger partial charge in [-0.2, -0.15) is 0 Å². The van der Waals surface area contributed by atoms with Crippen LogP contribution in [0, 0.1) is 0 Å². The number of rotatable bonds is 5. The average molecular weight is 420 g/mol. The maximum Gasteiger partial charge on any atom is 0.274 e. The third kappa shape index (κ3) is 5.30. The molecule has 1 saturated heterocycles. The van der Waals surface area contributed by atoms with Crippen molar-refractivity contribution < 1.29 is 4.74 Å². The smallest absolute Gasteiger partial charge is 0.274 e. The Morgan fingerprint density at radius 2 is 1.68 bits per heavy atom. The summed E-state index contributed by atoms with van der Waals surface area (Å²) in [5.41, 5.74) is 4.55. The van der Waals surface area contributed by atoms with E-state index in [9.17, 15) is 4.79 Å². The Balaban J connectivity index is 1.41. The number of anilines is 3. The van der Waals surface area contributed by atoms with E-state index in [4.69, 9.17) is 4.74 Å². The standard InChI is InChI=1S/C24H29N5O2/c1-24(2,3)18-6-4-17(5-7-18)16-21-22(30)26-23(28-27-21)25-19-8-10-20(11-9-19)29-12-14-31-15-13-29/h4-11H,12-16H2,1-3H3,(H2,25,26,28,30). The summed E-state index contributed by atoms with van der Waals surface area (Å²) in [5, 5.41) is 11.4. The zero-order valence-electron chi connectivity index (χ0n) is 18.3. The number of nitrogens with zero attached hydrogens (tertiary/aromatic N) is 3. The summed E-state index contributed by atoms with van der Waals surface area (Å²) in [6, 6.07) is 16.3. The largest absolute Gasteiger partial charge is 0.378 e. The van der Waals surface area contributed by atoms with Crippen molar-refractivity contribution in [3.8, 4) is 0 Å². The summed E-state index contributed by atoms with van der Waals surface area (Å²) in [6.45, 7) is 9.84. The molecule has 1 fully saturated rings. The van der Waals surface area contributed by atoms with Gasteiger partial charge >= 0.3 is 0 Å². The number of benzene rings is 2. The number of aromatic amines is 1. The molecule has 0 saturated carbocycles. The fraction of sp³-hybridized carbons (Fsp3) is 0.375. The molecule has 2 aromatic carbocycles. The molecule has 2 N–H and O–H groups in total. The van der Waals surface area contributed by atoms with E-state index in [1.54, 1.807) is 0 Å². The Labute approximate surface area is 182 Å². The van der Waals surface area contributed by atoms with Crippen LogP contribution >= 0.6 is 0 Å². The first-order chi connectivity index (χ1) is 14.9. The molecule has 1 aromatic heterocycles. The van der Waals surface area contributed by atoms with Crippen LogP contribution in [0.2, 0.25) is 0 Å². The van der Waals surface area contributed by atoms with Gasteiger partial charge in [-0.15, -0.1) is 10.2 Å². The second kappa shape index (κ2) is 8.89. The summed E-state index contributed by atoms with van der Waals surface area (Å²) >= 11 is 0. The van der Waals surface area contributed by atoms with Gasteiger partial charge in [0.05, 0.1) is 13.2 Å². The van der Waals surface area contributed by atoms with Crippen molar-refractivity contribution in [1.29, 1.82) is 0 Å². The van der Waals surface area contributed by atoms with Crippen LogP contribution < -0.4 is 15.8 Å². The molecular weight excluding hydrogens is 390 g/mol. The first-order valence-electron chi connectivity index (χ1n) is 10.6. The monoisotopic (exact) mass is 419 g/mol. The highest BCUT2D eigenvalue weighted by molar-refractivity contribution is 5.59. The van der Waals surface area contributed by atoms with Gasteiger partial charge in [0.25, 0.3) is 5.56 Å². The lowest BCUT2D eigenvalue weighted by Crippen LogP contribution is -2.36. The van der Waals surface area contributed by atoms with Crippen LogP contribution in [0.15, 0.2) is 53.3 Å². The molecular formula is C24H29N5O2. The van der Waals surface area contributed by atoms with Gasteiger partial charge in [-0.05, 0) is 40.8 Å². The minimum absolute atomic E-state index is 0.101. The fourth-order valence-corrected chi connectivity index (χ4v) is 3.56. The van der Waals surface area contributed by atoms with Crippen LogP contribution in [-0.4, -0.2) is 41.5 Å². The van der Waals surface area contributed by atoms with E-state index >= 15 is 0 Å². The number of H-pyrrole nitrogens is 1. The van der Waals surface area contributed by atoms with E-state index in [0.29, 0.717) is 18.1 Å². The third-order valence-corrected chi connectivity index (χ3v) is 5.46. The number of hydrogen-bond donors (Lipinski definition) is 2. The van der Waals surface area contributed by atoms with Crippen LogP contribution in [0.25, 0.3) is 0 Å². The number of hydrogen-bond acceptors (Lipinski definition) is 6. The molecule has 4 rings (SSSR count). The van der Waals surface area contributed by atoms with E-state index in [2.05, 4.69) is 70.4 Å². The molecule has 0 spiro atoms. The molecule has 0 atom stereocenters. The van der Waals surface area contributed by atoms with Crippen molar-refractivity contribution in [3.63, 3.8) is 0 Å². The van der Waals surface area contributed by atoms with Crippen LogP contribution in [0.3, 0.4) is 0 Å². The summed E-state index contributed by atoms with van der Waals surface area (Å²) in [6.07, 6.45) is 0.446. The minimum Gasteiger partial charge on any atom is -0.378 e. The maximum atomic E-state index is 12.5. The molecule has 0 amide bonds. The summed E-state index contributed by atoms with van der Waals surface area (Å²) in [7, 11) is 0. The molecule has 7 nitrogen and oxygen atoms in total. The molecule has 1 aliphatic rings. The molecule has 7 heteroatoms. The predicted octanol–water partition coefficient (Wildman–Crippen LogP) is 3.63. The minimum atomic E-state index is -0.234. The Morgan fingerprint density at radius 1 is 1.00 bits per heavy atom. The van der Waals surface area contributed by atoms with Gasteiger partial charge in [0.15, 0.2) is 0 Å². The van der Waals surface area contributed by atoms with E-state index < -0.39 is 0 Å². The third-order valence-electron chi connectivity index (χ3n) is 5.46. The normalized spacial score (nSPS) is 14.5. The van der Waals surface area contributed by atoms with Crippen LogP contribution in [-0.2, 0) is 16.6 Å². The van der Waals surface area contributed by atoms with Crippen molar-refractivity contribution in [2.45, 2.75) is 32.6 Å². The lowest BCUT2D eigenvalue weighted by molar-refractivity contribution is 0.122. The summed E-state index contributed by atoms with van der Waals surface area (Å²) in [5.74, 6) is 0.330. The predicted molar refractivity (Wildman–Crippen MR) is 123 cm³/mol. The Hall–Kier alpha value is -3.19. The van der Waals surface area contributed by atoms with Crippen LogP contribution in [0.1, 0.15) is 37.6 Å². The van der Waals surface area contributed by atoms with E-state index in [1.807, 2.05) is 24.3 Å². The van der Waals surface area contributed by atoms with Crippen molar-refractivity contribution in [3.05, 3.63) is 75.7 Å². The molecule has 3 aromatic rings. The SMILES string of the molecule is CC(C)(C)c1ccc(Cc2nnc(Nc3ccc(N4CCOCC4)cc3)[nH]c2=O)cc1. The number of morpholine rings is 1. The molecule has 0 unspecified atom stereocenters. The van der Waals surface area contributed by atoms with Crippen molar-refractivity contribution in [2.24, 2.45) is 0 Å². The zero-order chi connectivity index (χ0) is 21.8. The van der Waals surface area contributed by atoms with Crippen molar-refractivity contribution >= 4 is 17.3 Å². The van der Waals surface area contributed by atoms with Crippen LogP contribution in [0.4, 0.5) is 17.3 Å². The van der Waals surface area contributed by atoms with Gasteiger partial charge in [-0.3, -0.25) is 9.78 Å². The molecule has 1 aliphatic heterocycles. The average Bonchev–Trinajstić information content (AvgIpc) is 2.77. The Bertz CT molecular complexity index is 1060. The first-order valence-corrected chi connectivity index (χ1v) is 10.6. The lowest BCUT2D eigenvalue weighted by Gasteiger charge is -2.28. The van der Waals surface area contributed by atoms with Gasteiger partial charge in [0, 0.05) is 30.9 Å². The first kappa shape index (κ1) is 21.1.